The summed E-state index contributed by atoms with van der Waals surface area (Å²) in [5, 5.41) is 11.9. The maximum atomic E-state index is 12.8. The van der Waals surface area contributed by atoms with Crippen LogP contribution in [0.15, 0.2) is 18.2 Å². The molecule has 0 saturated heterocycles. The van der Waals surface area contributed by atoms with Crippen molar-refractivity contribution in [2.45, 2.75) is 25.0 Å². The first-order chi connectivity index (χ1) is 7.56. The Morgan fingerprint density at radius 1 is 1.50 bits per heavy atom. The summed E-state index contributed by atoms with van der Waals surface area (Å²) in [5.74, 6) is -0.554. The summed E-state index contributed by atoms with van der Waals surface area (Å²) >= 11 is 1.93. The van der Waals surface area contributed by atoms with E-state index in [4.69, 9.17) is 5.11 Å². The number of hydrogen-bond donors (Lipinski definition) is 2. The van der Waals surface area contributed by atoms with Crippen LogP contribution in [-0.2, 0) is 0 Å². The van der Waals surface area contributed by atoms with Crippen molar-refractivity contribution in [3.63, 3.8) is 0 Å². The number of nitrogens with one attached hydrogen (secondary N) is 1. The van der Waals surface area contributed by atoms with Gasteiger partial charge in [-0.05, 0) is 53.6 Å². The van der Waals surface area contributed by atoms with Gasteiger partial charge in [-0.3, -0.25) is 4.79 Å². The molecule has 5 heteroatoms. The number of hydrogen-bond acceptors (Lipinski definition) is 2. The second-order valence-electron chi connectivity index (χ2n) is 3.92. The molecule has 1 amide bonds. The molecule has 1 fully saturated rings. The van der Waals surface area contributed by atoms with E-state index < -0.39 is 0 Å². The van der Waals surface area contributed by atoms with Crippen LogP contribution in [0.2, 0.25) is 0 Å². The van der Waals surface area contributed by atoms with Gasteiger partial charge in [-0.25, -0.2) is 4.39 Å². The Balaban J connectivity index is 2.03. The lowest BCUT2D eigenvalue weighted by molar-refractivity contribution is 0.0562. The Kier molecular flexibility index (Phi) is 3.44. The van der Waals surface area contributed by atoms with Gasteiger partial charge in [-0.1, -0.05) is 0 Å². The van der Waals surface area contributed by atoms with Gasteiger partial charge in [0.25, 0.3) is 5.91 Å². The highest BCUT2D eigenvalue weighted by Gasteiger charge is 2.28. The molecule has 2 N–H and O–H groups in total. The standard InChI is InChI=1S/C11H11FINO2/c12-6-1-2-9(10(13)3-6)11(16)14-7-4-8(15)5-7/h1-3,7-8,15H,4-5H2,(H,14,16). The Hall–Kier alpha value is -0.690. The van der Waals surface area contributed by atoms with E-state index in [-0.39, 0.29) is 23.9 Å². The first-order valence-electron chi connectivity index (χ1n) is 5.00. The van der Waals surface area contributed by atoms with Crippen LogP contribution >= 0.6 is 22.6 Å². The Morgan fingerprint density at radius 3 is 2.75 bits per heavy atom. The molecule has 2 rings (SSSR count). The highest BCUT2D eigenvalue weighted by molar-refractivity contribution is 14.1. The van der Waals surface area contributed by atoms with Crippen molar-refractivity contribution in [3.05, 3.63) is 33.1 Å². The van der Waals surface area contributed by atoms with E-state index in [1.54, 1.807) is 0 Å². The maximum Gasteiger partial charge on any atom is 0.252 e. The normalized spacial score (nSPS) is 23.7. The third kappa shape index (κ3) is 2.52. The first kappa shape index (κ1) is 11.8. The third-order valence-electron chi connectivity index (χ3n) is 2.62. The van der Waals surface area contributed by atoms with Crippen LogP contribution in [0, 0.1) is 9.39 Å². The van der Waals surface area contributed by atoms with E-state index >= 15 is 0 Å². The highest BCUT2D eigenvalue weighted by atomic mass is 127. The second kappa shape index (κ2) is 4.67. The first-order valence-corrected chi connectivity index (χ1v) is 6.08. The number of amides is 1. The maximum absolute atomic E-state index is 12.8. The summed E-state index contributed by atoms with van der Waals surface area (Å²) in [6.07, 6.45) is 0.908. The van der Waals surface area contributed by atoms with Crippen LogP contribution in [0.3, 0.4) is 0 Å². The van der Waals surface area contributed by atoms with Gasteiger partial charge < -0.3 is 10.4 Å². The molecule has 3 nitrogen and oxygen atoms in total. The number of halogens is 2. The van der Waals surface area contributed by atoms with Gasteiger partial charge in [-0.2, -0.15) is 0 Å². The predicted molar refractivity (Wildman–Crippen MR) is 65.6 cm³/mol. The van der Waals surface area contributed by atoms with Crippen molar-refractivity contribution < 1.29 is 14.3 Å². The van der Waals surface area contributed by atoms with Gasteiger partial charge in [0.05, 0.1) is 11.7 Å². The summed E-state index contributed by atoms with van der Waals surface area (Å²) in [4.78, 5) is 11.8. The molecule has 0 radical (unpaired) electrons. The monoisotopic (exact) mass is 335 g/mol. The van der Waals surface area contributed by atoms with Gasteiger partial charge >= 0.3 is 0 Å². The smallest absolute Gasteiger partial charge is 0.252 e. The summed E-state index contributed by atoms with van der Waals surface area (Å²) in [7, 11) is 0. The summed E-state index contributed by atoms with van der Waals surface area (Å²) < 4.78 is 13.4. The summed E-state index contributed by atoms with van der Waals surface area (Å²) in [6.45, 7) is 0. The Bertz CT molecular complexity index is 418. The van der Waals surface area contributed by atoms with Gasteiger partial charge in [0.2, 0.25) is 0 Å². The average Bonchev–Trinajstić information content (AvgIpc) is 2.15. The van der Waals surface area contributed by atoms with Crippen LogP contribution < -0.4 is 5.32 Å². The Morgan fingerprint density at radius 2 is 2.19 bits per heavy atom. The van der Waals surface area contributed by atoms with Gasteiger partial charge in [-0.15, -0.1) is 0 Å². The van der Waals surface area contributed by atoms with Crippen molar-refractivity contribution in [2.75, 3.05) is 0 Å². The van der Waals surface area contributed by atoms with Crippen LogP contribution in [0.4, 0.5) is 4.39 Å². The molecular weight excluding hydrogens is 324 g/mol. The zero-order valence-electron chi connectivity index (χ0n) is 8.41. The predicted octanol–water partition coefficient (Wildman–Crippen LogP) is 1.68. The molecule has 1 saturated carbocycles. The van der Waals surface area contributed by atoms with Gasteiger partial charge in [0, 0.05) is 9.61 Å². The molecule has 0 aromatic heterocycles. The summed E-state index contributed by atoms with van der Waals surface area (Å²) in [5.41, 5.74) is 0.475. The zero-order chi connectivity index (χ0) is 11.7. The molecule has 0 unspecified atom stereocenters. The van der Waals surface area contributed by atoms with Crippen molar-refractivity contribution in [1.82, 2.24) is 5.32 Å². The number of rotatable bonds is 2. The lowest BCUT2D eigenvalue weighted by Gasteiger charge is -2.32. The molecule has 0 bridgehead atoms. The number of carbonyl (C=O) groups excluding carboxylic acids is 1. The number of aliphatic hydroxyl groups is 1. The minimum Gasteiger partial charge on any atom is -0.393 e. The SMILES string of the molecule is O=C(NC1CC(O)C1)c1ccc(F)cc1I. The molecule has 0 atom stereocenters. The van der Waals surface area contributed by atoms with Crippen molar-refractivity contribution in [3.8, 4) is 0 Å². The number of carbonyl (C=O) groups is 1. The lowest BCUT2D eigenvalue weighted by Crippen LogP contribution is -2.46. The minimum atomic E-state index is -0.347. The number of benzene rings is 1. The average molecular weight is 335 g/mol. The quantitative estimate of drug-likeness (QED) is 0.808. The molecular formula is C11H11FINO2. The van der Waals surface area contributed by atoms with Crippen LogP contribution in [0.1, 0.15) is 23.2 Å². The minimum absolute atomic E-state index is 0.0448. The molecule has 0 heterocycles. The van der Waals surface area contributed by atoms with Crippen LogP contribution in [0.25, 0.3) is 0 Å². The van der Waals surface area contributed by atoms with Crippen molar-refractivity contribution in [2.24, 2.45) is 0 Å². The zero-order valence-corrected chi connectivity index (χ0v) is 10.6. The highest BCUT2D eigenvalue weighted by Crippen LogP contribution is 2.21. The largest absolute Gasteiger partial charge is 0.393 e. The lowest BCUT2D eigenvalue weighted by atomic mass is 9.89. The molecule has 1 aliphatic rings. The van der Waals surface area contributed by atoms with E-state index in [2.05, 4.69) is 5.32 Å². The molecule has 1 aliphatic carbocycles. The molecule has 0 aliphatic heterocycles. The van der Waals surface area contributed by atoms with Crippen molar-refractivity contribution >= 4 is 28.5 Å². The summed E-state index contributed by atoms with van der Waals surface area (Å²) in [6, 6.07) is 4.11. The third-order valence-corrected chi connectivity index (χ3v) is 3.52. The van der Waals surface area contributed by atoms with Gasteiger partial charge in [0.15, 0.2) is 0 Å². The van der Waals surface area contributed by atoms with E-state index in [0.29, 0.717) is 22.0 Å². The molecule has 16 heavy (non-hydrogen) atoms. The van der Waals surface area contributed by atoms with E-state index in [1.165, 1.54) is 18.2 Å². The fourth-order valence-corrected chi connectivity index (χ4v) is 2.36. The topological polar surface area (TPSA) is 49.3 Å². The van der Waals surface area contributed by atoms with E-state index in [0.717, 1.165) is 0 Å². The number of aliphatic hydroxyl groups excluding tert-OH is 1. The molecule has 1 aromatic carbocycles. The fraction of sp³-hybridized carbons (Fsp3) is 0.364. The molecule has 0 spiro atoms. The van der Waals surface area contributed by atoms with Crippen molar-refractivity contribution in [1.29, 1.82) is 0 Å². The van der Waals surface area contributed by atoms with Crippen LogP contribution in [-0.4, -0.2) is 23.2 Å². The molecule has 86 valence electrons. The Labute approximate surface area is 106 Å². The van der Waals surface area contributed by atoms with Crippen LogP contribution in [0.5, 0.6) is 0 Å². The second-order valence-corrected chi connectivity index (χ2v) is 5.08. The molecule has 1 aromatic rings. The fourth-order valence-electron chi connectivity index (χ4n) is 1.64. The van der Waals surface area contributed by atoms with E-state index in [9.17, 15) is 9.18 Å². The van der Waals surface area contributed by atoms with E-state index in [1.807, 2.05) is 22.6 Å². The van der Waals surface area contributed by atoms with Gasteiger partial charge in [0.1, 0.15) is 5.82 Å².